The van der Waals surface area contributed by atoms with E-state index in [4.69, 9.17) is 0 Å². The molecule has 0 amide bonds. The van der Waals surface area contributed by atoms with Gasteiger partial charge in [-0.15, -0.1) is 0 Å². The molecule has 0 rings (SSSR count). The summed E-state index contributed by atoms with van der Waals surface area (Å²) in [5, 5.41) is 0. The zero-order valence-electron chi connectivity index (χ0n) is 6.63. The van der Waals surface area contributed by atoms with Crippen LogP contribution in [0.15, 0.2) is 24.8 Å². The molecule has 3 heteroatoms. The van der Waals surface area contributed by atoms with Gasteiger partial charge < -0.3 is 9.47 Å². The van der Waals surface area contributed by atoms with Crippen molar-refractivity contribution in [1.82, 2.24) is 0 Å². The number of hydrogen-bond donors (Lipinski definition) is 0. The van der Waals surface area contributed by atoms with Gasteiger partial charge in [0.05, 0.1) is 12.2 Å². The average Bonchev–Trinajstić information content (AvgIpc) is 2.00. The number of carbonyl (C=O) groups excluding carboxylic acids is 1. The van der Waals surface area contributed by atoms with Crippen LogP contribution in [0.4, 0.5) is 0 Å². The van der Waals surface area contributed by atoms with Gasteiger partial charge in [0, 0.05) is 7.11 Å². The smallest absolute Gasteiger partial charge is 0.336 e. The Morgan fingerprint density at radius 1 is 1.64 bits per heavy atom. The Hall–Kier alpha value is -1.09. The Morgan fingerprint density at radius 2 is 2.27 bits per heavy atom. The van der Waals surface area contributed by atoms with Crippen molar-refractivity contribution in [3.8, 4) is 0 Å². The Balaban J connectivity index is 3.64. The van der Waals surface area contributed by atoms with Crippen LogP contribution in [0.25, 0.3) is 0 Å². The summed E-state index contributed by atoms with van der Waals surface area (Å²) in [6.45, 7) is 7.28. The maximum Gasteiger partial charge on any atom is 0.336 e. The first-order valence-corrected chi connectivity index (χ1v) is 3.17. The summed E-state index contributed by atoms with van der Waals surface area (Å²) in [6, 6.07) is 0. The van der Waals surface area contributed by atoms with Gasteiger partial charge in [0.15, 0.2) is 0 Å². The summed E-state index contributed by atoms with van der Waals surface area (Å²) in [6.07, 6.45) is 1.50. The van der Waals surface area contributed by atoms with E-state index in [1.165, 1.54) is 13.2 Å². The van der Waals surface area contributed by atoms with Crippen molar-refractivity contribution in [1.29, 1.82) is 0 Å². The predicted molar refractivity (Wildman–Crippen MR) is 42.2 cm³/mol. The Bertz CT molecular complexity index is 161. The van der Waals surface area contributed by atoms with Crippen LogP contribution in [0.2, 0.25) is 0 Å². The van der Waals surface area contributed by atoms with E-state index in [0.29, 0.717) is 5.57 Å². The number of ether oxygens (including phenoxy) is 2. The second-order valence-electron chi connectivity index (χ2n) is 1.92. The summed E-state index contributed by atoms with van der Waals surface area (Å²) in [5.41, 5.74) is 0.314. The Kier molecular flexibility index (Phi) is 5.11. The van der Waals surface area contributed by atoms with Gasteiger partial charge in [-0.2, -0.15) is 0 Å². The van der Waals surface area contributed by atoms with Gasteiger partial charge >= 0.3 is 5.97 Å². The Morgan fingerprint density at radius 3 is 2.73 bits per heavy atom. The fourth-order valence-electron chi connectivity index (χ4n) is 0.470. The lowest BCUT2D eigenvalue weighted by Gasteiger charge is -2.02. The fourth-order valence-corrected chi connectivity index (χ4v) is 0.470. The molecule has 11 heavy (non-hydrogen) atoms. The number of rotatable bonds is 5. The largest absolute Gasteiger partial charge is 0.458 e. The van der Waals surface area contributed by atoms with Gasteiger partial charge in [-0.3, -0.25) is 0 Å². The first-order chi connectivity index (χ1) is 5.22. The molecule has 0 aliphatic rings. The number of hydrogen-bond acceptors (Lipinski definition) is 3. The van der Waals surface area contributed by atoms with E-state index in [-0.39, 0.29) is 13.2 Å². The van der Waals surface area contributed by atoms with E-state index in [9.17, 15) is 4.79 Å². The van der Waals surface area contributed by atoms with Gasteiger partial charge in [-0.25, -0.2) is 4.79 Å². The van der Waals surface area contributed by atoms with E-state index >= 15 is 0 Å². The highest BCUT2D eigenvalue weighted by Crippen LogP contribution is 1.94. The lowest BCUT2D eigenvalue weighted by Crippen LogP contribution is -2.10. The van der Waals surface area contributed by atoms with Gasteiger partial charge in [-0.05, 0) is 0 Å². The molecule has 0 N–H and O–H groups in total. The van der Waals surface area contributed by atoms with Crippen molar-refractivity contribution in [2.24, 2.45) is 0 Å². The minimum Gasteiger partial charge on any atom is -0.458 e. The minimum atomic E-state index is -0.438. The molecular weight excluding hydrogens is 144 g/mol. The summed E-state index contributed by atoms with van der Waals surface area (Å²) in [4.78, 5) is 10.8. The third-order valence-electron chi connectivity index (χ3n) is 0.940. The molecule has 0 aliphatic carbocycles. The maximum absolute atomic E-state index is 10.8. The first-order valence-electron chi connectivity index (χ1n) is 3.17. The van der Waals surface area contributed by atoms with Crippen molar-refractivity contribution in [3.05, 3.63) is 24.8 Å². The molecule has 0 heterocycles. The second-order valence-corrected chi connectivity index (χ2v) is 1.92. The van der Waals surface area contributed by atoms with E-state index in [2.05, 4.69) is 22.6 Å². The summed E-state index contributed by atoms with van der Waals surface area (Å²) < 4.78 is 9.35. The van der Waals surface area contributed by atoms with Crippen molar-refractivity contribution >= 4 is 5.97 Å². The molecule has 0 spiro atoms. The summed E-state index contributed by atoms with van der Waals surface area (Å²) >= 11 is 0. The van der Waals surface area contributed by atoms with Crippen LogP contribution in [0.1, 0.15) is 0 Å². The van der Waals surface area contributed by atoms with Crippen LogP contribution in [0.5, 0.6) is 0 Å². The monoisotopic (exact) mass is 156 g/mol. The van der Waals surface area contributed by atoms with E-state index < -0.39 is 5.97 Å². The molecule has 0 fully saturated rings. The van der Waals surface area contributed by atoms with Crippen LogP contribution in [-0.2, 0) is 14.3 Å². The zero-order chi connectivity index (χ0) is 8.69. The summed E-state index contributed by atoms with van der Waals surface area (Å²) in [5.74, 6) is -0.438. The van der Waals surface area contributed by atoms with Crippen LogP contribution < -0.4 is 0 Å². The van der Waals surface area contributed by atoms with Crippen molar-refractivity contribution in [3.63, 3.8) is 0 Å². The first kappa shape index (κ1) is 9.91. The van der Waals surface area contributed by atoms with Gasteiger partial charge in [-0.1, -0.05) is 19.2 Å². The molecule has 0 aromatic rings. The molecule has 0 atom stereocenters. The molecule has 0 aliphatic heterocycles. The number of carbonyl (C=O) groups is 1. The van der Waals surface area contributed by atoms with Crippen LogP contribution >= 0.6 is 0 Å². The highest BCUT2D eigenvalue weighted by Gasteiger charge is 2.05. The van der Waals surface area contributed by atoms with Gasteiger partial charge in [0.1, 0.15) is 6.61 Å². The molecule has 0 aromatic carbocycles. The molecule has 0 unspecified atom stereocenters. The van der Waals surface area contributed by atoms with Gasteiger partial charge in [0.2, 0.25) is 0 Å². The average molecular weight is 156 g/mol. The van der Waals surface area contributed by atoms with Crippen molar-refractivity contribution < 1.29 is 14.3 Å². The molecule has 3 nitrogen and oxygen atoms in total. The summed E-state index contributed by atoms with van der Waals surface area (Å²) in [7, 11) is 1.49. The zero-order valence-corrected chi connectivity index (χ0v) is 6.63. The SMILES string of the molecule is C=CCOC(=O)C(=C)COC. The lowest BCUT2D eigenvalue weighted by molar-refractivity contribution is -0.138. The van der Waals surface area contributed by atoms with Crippen LogP contribution in [-0.4, -0.2) is 26.3 Å². The quantitative estimate of drug-likeness (QED) is 0.337. The van der Waals surface area contributed by atoms with E-state index in [0.717, 1.165) is 0 Å². The normalized spacial score (nSPS) is 8.82. The topological polar surface area (TPSA) is 35.5 Å². The van der Waals surface area contributed by atoms with E-state index in [1.54, 1.807) is 0 Å². The fraction of sp³-hybridized carbons (Fsp3) is 0.375. The standard InChI is InChI=1S/C8H12O3/c1-4-5-11-8(9)7(2)6-10-3/h4H,1-2,5-6H2,3H3. The van der Waals surface area contributed by atoms with Gasteiger partial charge in [0.25, 0.3) is 0 Å². The molecule has 0 bridgehead atoms. The highest BCUT2D eigenvalue weighted by molar-refractivity contribution is 5.87. The molecular formula is C8H12O3. The highest BCUT2D eigenvalue weighted by atomic mass is 16.5. The minimum absolute atomic E-state index is 0.204. The number of methoxy groups -OCH3 is 1. The van der Waals surface area contributed by atoms with Crippen molar-refractivity contribution in [2.45, 2.75) is 0 Å². The van der Waals surface area contributed by atoms with E-state index in [1.807, 2.05) is 0 Å². The molecule has 0 radical (unpaired) electrons. The molecule has 0 saturated carbocycles. The van der Waals surface area contributed by atoms with Crippen LogP contribution in [0.3, 0.4) is 0 Å². The number of esters is 1. The lowest BCUT2D eigenvalue weighted by atomic mass is 10.3. The van der Waals surface area contributed by atoms with Crippen LogP contribution in [0, 0.1) is 0 Å². The second kappa shape index (κ2) is 5.68. The third-order valence-corrected chi connectivity index (χ3v) is 0.940. The molecule has 0 aromatic heterocycles. The molecule has 0 saturated heterocycles. The van der Waals surface area contributed by atoms with Crippen molar-refractivity contribution in [2.75, 3.05) is 20.3 Å². The third kappa shape index (κ3) is 4.33. The predicted octanol–water partition coefficient (Wildman–Crippen LogP) is 0.918. The maximum atomic E-state index is 10.8. The molecule has 62 valence electrons. The Labute approximate surface area is 66.3 Å².